The maximum atomic E-state index is 12.3. The first-order chi connectivity index (χ1) is 14.2. The molecule has 29 heavy (non-hydrogen) atoms. The predicted molar refractivity (Wildman–Crippen MR) is 117 cm³/mol. The van der Waals surface area contributed by atoms with Crippen molar-refractivity contribution in [1.82, 2.24) is 10.3 Å². The van der Waals surface area contributed by atoms with E-state index in [0.29, 0.717) is 10.6 Å². The predicted octanol–water partition coefficient (Wildman–Crippen LogP) is 4.66. The van der Waals surface area contributed by atoms with Crippen molar-refractivity contribution >= 4 is 23.7 Å². The fourth-order valence-corrected chi connectivity index (χ4v) is 3.70. The second-order valence-electron chi connectivity index (χ2n) is 7.15. The largest absolute Gasteiger partial charge is 0.294 e. The Morgan fingerprint density at radius 1 is 1.00 bits per heavy atom. The first-order valence-electron chi connectivity index (χ1n) is 9.65. The van der Waals surface area contributed by atoms with Gasteiger partial charge >= 0.3 is 0 Å². The molecule has 3 aromatic carbocycles. The Hall–Kier alpha value is -2.95. The summed E-state index contributed by atoms with van der Waals surface area (Å²) in [5.41, 5.74) is 7.94. The van der Waals surface area contributed by atoms with Crippen LogP contribution in [0.25, 0.3) is 0 Å². The van der Waals surface area contributed by atoms with Crippen LogP contribution in [-0.4, -0.2) is 23.6 Å². The molecule has 4 nitrogen and oxygen atoms in total. The van der Waals surface area contributed by atoms with E-state index in [1.165, 1.54) is 16.7 Å². The van der Waals surface area contributed by atoms with Gasteiger partial charge in [-0.2, -0.15) is 5.10 Å². The molecular weight excluding hydrogens is 382 g/mol. The first kappa shape index (κ1) is 19.4. The van der Waals surface area contributed by atoms with E-state index >= 15 is 0 Å². The Morgan fingerprint density at radius 2 is 1.72 bits per heavy atom. The molecule has 0 saturated carbocycles. The second kappa shape index (κ2) is 9.03. The topological polar surface area (TPSA) is 44.7 Å². The number of hydrazone groups is 1. The monoisotopic (exact) mass is 403 g/mol. The van der Waals surface area contributed by atoms with Gasteiger partial charge in [0.15, 0.2) is 0 Å². The third-order valence-electron chi connectivity index (χ3n) is 5.11. The fraction of sp³-hybridized carbons (Fsp3) is 0.167. The smallest absolute Gasteiger partial charge is 0.271 e. The summed E-state index contributed by atoms with van der Waals surface area (Å²) in [5.74, 6) is -0.244. The maximum Gasteiger partial charge on any atom is 0.271 e. The van der Waals surface area contributed by atoms with Crippen LogP contribution in [-0.2, 0) is 19.5 Å². The average Bonchev–Trinajstić information content (AvgIpc) is 2.75. The quantitative estimate of drug-likeness (QED) is 0.497. The van der Waals surface area contributed by atoms with Crippen LogP contribution in [0.4, 0.5) is 0 Å². The van der Waals surface area contributed by atoms with Crippen LogP contribution in [0.15, 0.2) is 77.9 Å². The molecule has 0 spiro atoms. The minimum absolute atomic E-state index is 0.244. The molecule has 0 unspecified atom stereocenters. The van der Waals surface area contributed by atoms with Gasteiger partial charge in [-0.3, -0.25) is 9.69 Å². The molecule has 3 aromatic rings. The lowest BCUT2D eigenvalue weighted by molar-refractivity contribution is 0.0955. The molecule has 0 radical (unpaired) electrons. The van der Waals surface area contributed by atoms with E-state index in [1.807, 2.05) is 42.5 Å². The third kappa shape index (κ3) is 4.91. The van der Waals surface area contributed by atoms with Crippen LogP contribution in [0.5, 0.6) is 0 Å². The summed E-state index contributed by atoms with van der Waals surface area (Å²) in [7, 11) is 0. The molecule has 0 bridgehead atoms. The highest BCUT2D eigenvalue weighted by Gasteiger charge is 2.15. The number of fused-ring (bicyclic) bond motifs is 1. The fourth-order valence-electron chi connectivity index (χ4n) is 3.51. The standard InChI is InChI=1S/C24H22ClN3O/c25-23-8-4-3-6-21(23)15-26-27-24(29)20-11-9-18(10-12-20)16-28-14-13-19-5-1-2-7-22(19)17-28/h1-12,15H,13-14,16-17H2,(H,27,29)/b26-15-. The van der Waals surface area contributed by atoms with Crippen LogP contribution >= 0.6 is 11.6 Å². The molecule has 0 fully saturated rings. The Labute approximate surface area is 175 Å². The first-order valence-corrected chi connectivity index (χ1v) is 10.0. The van der Waals surface area contributed by atoms with Crippen LogP contribution in [0.2, 0.25) is 5.02 Å². The van der Waals surface area contributed by atoms with Crippen molar-refractivity contribution in [2.45, 2.75) is 19.5 Å². The molecule has 1 aliphatic heterocycles. The number of halogens is 1. The van der Waals surface area contributed by atoms with E-state index in [9.17, 15) is 4.79 Å². The van der Waals surface area contributed by atoms with Crippen molar-refractivity contribution in [2.75, 3.05) is 6.54 Å². The van der Waals surface area contributed by atoms with Crippen molar-refractivity contribution in [3.63, 3.8) is 0 Å². The number of benzene rings is 3. The van der Waals surface area contributed by atoms with E-state index in [-0.39, 0.29) is 5.91 Å². The van der Waals surface area contributed by atoms with Gasteiger partial charge in [0.25, 0.3) is 5.91 Å². The van der Waals surface area contributed by atoms with Gasteiger partial charge < -0.3 is 0 Å². The summed E-state index contributed by atoms with van der Waals surface area (Å²) in [5, 5.41) is 4.59. The lowest BCUT2D eigenvalue weighted by atomic mass is 9.99. The summed E-state index contributed by atoms with van der Waals surface area (Å²) in [6.07, 6.45) is 2.63. The Balaban J connectivity index is 1.33. The van der Waals surface area contributed by atoms with Crippen molar-refractivity contribution in [2.24, 2.45) is 5.10 Å². The van der Waals surface area contributed by atoms with Gasteiger partial charge in [-0.1, -0.05) is 66.2 Å². The lowest BCUT2D eigenvalue weighted by Gasteiger charge is -2.28. The normalized spacial score (nSPS) is 14.0. The van der Waals surface area contributed by atoms with Gasteiger partial charge in [-0.25, -0.2) is 5.43 Å². The number of nitrogens with one attached hydrogen (secondary N) is 1. The zero-order valence-electron chi connectivity index (χ0n) is 16.0. The number of carbonyl (C=O) groups is 1. The highest BCUT2D eigenvalue weighted by molar-refractivity contribution is 6.33. The molecular formula is C24H22ClN3O. The Morgan fingerprint density at radius 3 is 2.52 bits per heavy atom. The summed E-state index contributed by atoms with van der Waals surface area (Å²) in [6, 6.07) is 23.7. The summed E-state index contributed by atoms with van der Waals surface area (Å²) in [4.78, 5) is 14.7. The van der Waals surface area contributed by atoms with Gasteiger partial charge in [0.2, 0.25) is 0 Å². The molecule has 0 saturated heterocycles. The molecule has 0 aromatic heterocycles. The molecule has 1 N–H and O–H groups in total. The number of rotatable bonds is 5. The highest BCUT2D eigenvalue weighted by Crippen LogP contribution is 2.20. The molecule has 0 aliphatic carbocycles. The maximum absolute atomic E-state index is 12.3. The number of carbonyl (C=O) groups excluding carboxylic acids is 1. The number of nitrogens with zero attached hydrogens (tertiary/aromatic N) is 2. The Kier molecular flexibility index (Phi) is 6.03. The summed E-state index contributed by atoms with van der Waals surface area (Å²) >= 11 is 6.07. The second-order valence-corrected chi connectivity index (χ2v) is 7.55. The van der Waals surface area contributed by atoms with Crippen molar-refractivity contribution in [3.8, 4) is 0 Å². The average molecular weight is 404 g/mol. The molecule has 146 valence electrons. The number of hydrogen-bond acceptors (Lipinski definition) is 3. The van der Waals surface area contributed by atoms with Crippen LogP contribution in [0, 0.1) is 0 Å². The summed E-state index contributed by atoms with van der Waals surface area (Å²) < 4.78 is 0. The van der Waals surface area contributed by atoms with Crippen molar-refractivity contribution in [1.29, 1.82) is 0 Å². The minimum atomic E-state index is -0.244. The minimum Gasteiger partial charge on any atom is -0.294 e. The van der Waals surface area contributed by atoms with Crippen molar-refractivity contribution < 1.29 is 4.79 Å². The SMILES string of the molecule is O=C(N/N=C\c1ccccc1Cl)c1ccc(CN2CCc3ccccc3C2)cc1. The highest BCUT2D eigenvalue weighted by atomic mass is 35.5. The molecule has 4 rings (SSSR count). The van der Waals surface area contributed by atoms with Gasteiger partial charge in [-0.15, -0.1) is 0 Å². The van der Waals surface area contributed by atoms with E-state index in [2.05, 4.69) is 39.7 Å². The zero-order chi connectivity index (χ0) is 20.1. The molecule has 5 heteroatoms. The van der Waals surface area contributed by atoms with E-state index in [0.717, 1.165) is 31.6 Å². The Bertz CT molecular complexity index is 1030. The van der Waals surface area contributed by atoms with Crippen LogP contribution < -0.4 is 5.43 Å². The van der Waals surface area contributed by atoms with Crippen LogP contribution in [0.1, 0.15) is 32.6 Å². The molecule has 1 amide bonds. The lowest BCUT2D eigenvalue weighted by Crippen LogP contribution is -2.30. The summed E-state index contributed by atoms with van der Waals surface area (Å²) in [6.45, 7) is 2.89. The molecule has 1 heterocycles. The van der Waals surface area contributed by atoms with Crippen LogP contribution in [0.3, 0.4) is 0 Å². The van der Waals surface area contributed by atoms with Gasteiger partial charge in [-0.05, 0) is 41.3 Å². The van der Waals surface area contributed by atoms with E-state index in [4.69, 9.17) is 11.6 Å². The zero-order valence-corrected chi connectivity index (χ0v) is 16.8. The number of amides is 1. The molecule has 0 atom stereocenters. The van der Waals surface area contributed by atoms with Gasteiger partial charge in [0.05, 0.1) is 6.21 Å². The third-order valence-corrected chi connectivity index (χ3v) is 5.45. The number of hydrogen-bond donors (Lipinski definition) is 1. The van der Waals surface area contributed by atoms with E-state index in [1.54, 1.807) is 12.3 Å². The van der Waals surface area contributed by atoms with Gasteiger partial charge in [0.1, 0.15) is 0 Å². The molecule has 1 aliphatic rings. The van der Waals surface area contributed by atoms with Gasteiger partial charge in [0, 0.05) is 35.8 Å². The van der Waals surface area contributed by atoms with E-state index < -0.39 is 0 Å². The van der Waals surface area contributed by atoms with Crippen molar-refractivity contribution in [3.05, 3.63) is 106 Å².